The molecular formula is C23H45N5O2. The van der Waals surface area contributed by atoms with Crippen LogP contribution in [0.3, 0.4) is 0 Å². The topological polar surface area (TPSA) is 78.0 Å². The summed E-state index contributed by atoms with van der Waals surface area (Å²) in [4.78, 5) is 19.4. The van der Waals surface area contributed by atoms with Crippen LogP contribution in [0, 0.1) is 5.92 Å². The second kappa shape index (κ2) is 12.4. The predicted molar refractivity (Wildman–Crippen MR) is 124 cm³/mol. The van der Waals surface area contributed by atoms with Crippen LogP contribution in [0.25, 0.3) is 0 Å². The Morgan fingerprint density at radius 3 is 2.13 bits per heavy atom. The molecule has 2 rings (SSSR count). The van der Waals surface area contributed by atoms with E-state index in [1.54, 1.807) is 0 Å². The Kier molecular flexibility index (Phi) is 10.2. The normalized spacial score (nSPS) is 24.4. The summed E-state index contributed by atoms with van der Waals surface area (Å²) in [5.41, 5.74) is -0.451. The smallest absolute Gasteiger partial charge is 0.407 e. The highest BCUT2D eigenvalue weighted by Crippen LogP contribution is 2.21. The fourth-order valence-corrected chi connectivity index (χ4v) is 4.32. The van der Waals surface area contributed by atoms with E-state index in [1.165, 1.54) is 38.9 Å². The summed E-state index contributed by atoms with van der Waals surface area (Å²) in [5.74, 6) is 1.75. The molecule has 1 aliphatic heterocycles. The number of aliphatic imine (C=N–C) groups is 1. The SMILES string of the molecule is CCNC(=NCCC1CCN(CC)CC1)NC1CCC(NC(=O)OC(C)(C)C)CC1. The average Bonchev–Trinajstić information content (AvgIpc) is 2.68. The second-order valence-electron chi connectivity index (χ2n) is 9.77. The number of rotatable bonds is 7. The van der Waals surface area contributed by atoms with E-state index in [-0.39, 0.29) is 12.1 Å². The maximum Gasteiger partial charge on any atom is 0.407 e. The van der Waals surface area contributed by atoms with Gasteiger partial charge in [0.2, 0.25) is 0 Å². The van der Waals surface area contributed by atoms with Crippen LogP contribution in [-0.4, -0.2) is 67.4 Å². The van der Waals surface area contributed by atoms with Crippen LogP contribution in [0.2, 0.25) is 0 Å². The van der Waals surface area contributed by atoms with Crippen molar-refractivity contribution >= 4 is 12.1 Å². The molecule has 0 aromatic carbocycles. The quantitative estimate of drug-likeness (QED) is 0.431. The molecule has 0 aromatic rings. The molecule has 1 heterocycles. The molecule has 7 heteroatoms. The molecule has 3 N–H and O–H groups in total. The molecule has 7 nitrogen and oxygen atoms in total. The van der Waals surface area contributed by atoms with Crippen LogP contribution >= 0.6 is 0 Å². The molecule has 1 saturated heterocycles. The van der Waals surface area contributed by atoms with Crippen molar-refractivity contribution < 1.29 is 9.53 Å². The Morgan fingerprint density at radius 2 is 1.60 bits per heavy atom. The standard InChI is InChI=1S/C23H45N5O2/c1-6-24-21(25-15-12-18-13-16-28(7-2)17-14-18)26-19-8-10-20(11-9-19)27-22(29)30-23(3,4)5/h18-20H,6-17H2,1-5H3,(H,27,29)(H2,24,25,26). The lowest BCUT2D eigenvalue weighted by Gasteiger charge is -2.31. The molecule has 0 aromatic heterocycles. The number of ether oxygens (including phenoxy) is 1. The molecule has 30 heavy (non-hydrogen) atoms. The van der Waals surface area contributed by atoms with E-state index in [0.717, 1.165) is 50.7 Å². The van der Waals surface area contributed by atoms with Gasteiger partial charge in [-0.3, -0.25) is 4.99 Å². The summed E-state index contributed by atoms with van der Waals surface area (Å²) < 4.78 is 5.37. The van der Waals surface area contributed by atoms with Gasteiger partial charge in [0, 0.05) is 25.2 Å². The molecule has 1 amide bonds. The van der Waals surface area contributed by atoms with Gasteiger partial charge in [-0.1, -0.05) is 6.92 Å². The van der Waals surface area contributed by atoms with Crippen LogP contribution < -0.4 is 16.0 Å². The van der Waals surface area contributed by atoms with Gasteiger partial charge < -0.3 is 25.6 Å². The Hall–Kier alpha value is -1.50. The van der Waals surface area contributed by atoms with E-state index in [9.17, 15) is 4.79 Å². The Balaban J connectivity index is 1.70. The van der Waals surface area contributed by atoms with Crippen molar-refractivity contribution in [1.82, 2.24) is 20.9 Å². The number of nitrogens with one attached hydrogen (secondary N) is 3. The predicted octanol–water partition coefficient (Wildman–Crippen LogP) is 3.50. The molecule has 1 aliphatic carbocycles. The van der Waals surface area contributed by atoms with Gasteiger partial charge in [0.1, 0.15) is 5.60 Å². The van der Waals surface area contributed by atoms with Gasteiger partial charge in [-0.05, 0) is 98.2 Å². The van der Waals surface area contributed by atoms with E-state index < -0.39 is 5.60 Å². The highest BCUT2D eigenvalue weighted by molar-refractivity contribution is 5.80. The fraction of sp³-hybridized carbons (Fsp3) is 0.913. The number of amides is 1. The highest BCUT2D eigenvalue weighted by Gasteiger charge is 2.25. The van der Waals surface area contributed by atoms with Crippen molar-refractivity contribution in [3.63, 3.8) is 0 Å². The summed E-state index contributed by atoms with van der Waals surface area (Å²) in [6.07, 6.45) is 7.47. The maximum absolute atomic E-state index is 12.0. The summed E-state index contributed by atoms with van der Waals surface area (Å²) >= 11 is 0. The van der Waals surface area contributed by atoms with Crippen molar-refractivity contribution in [2.24, 2.45) is 10.9 Å². The third kappa shape index (κ3) is 9.54. The van der Waals surface area contributed by atoms with Crippen LogP contribution in [0.4, 0.5) is 4.79 Å². The molecule has 0 atom stereocenters. The first-order valence-electron chi connectivity index (χ1n) is 12.1. The Labute approximate surface area is 183 Å². The van der Waals surface area contributed by atoms with E-state index in [4.69, 9.17) is 9.73 Å². The van der Waals surface area contributed by atoms with Crippen LogP contribution in [0.5, 0.6) is 0 Å². The largest absolute Gasteiger partial charge is 0.444 e. The third-order valence-corrected chi connectivity index (χ3v) is 6.09. The number of likely N-dealkylation sites (tertiary alicyclic amines) is 1. The van der Waals surface area contributed by atoms with Crippen molar-refractivity contribution in [3.8, 4) is 0 Å². The van der Waals surface area contributed by atoms with Crippen LogP contribution in [-0.2, 0) is 4.74 Å². The van der Waals surface area contributed by atoms with E-state index in [1.807, 2.05) is 20.8 Å². The number of hydrogen-bond acceptors (Lipinski definition) is 4. The first-order valence-corrected chi connectivity index (χ1v) is 12.1. The molecule has 0 bridgehead atoms. The summed E-state index contributed by atoms with van der Waals surface area (Å²) in [6.45, 7) is 15.5. The summed E-state index contributed by atoms with van der Waals surface area (Å²) in [5, 5.41) is 10.0. The first-order chi connectivity index (χ1) is 14.3. The van der Waals surface area contributed by atoms with Gasteiger partial charge in [0.15, 0.2) is 5.96 Å². The number of alkyl carbamates (subject to hydrolysis) is 1. The lowest BCUT2D eigenvalue weighted by Crippen LogP contribution is -2.48. The molecule has 1 saturated carbocycles. The number of carbonyl (C=O) groups is 1. The third-order valence-electron chi connectivity index (χ3n) is 6.09. The van der Waals surface area contributed by atoms with E-state index in [0.29, 0.717) is 6.04 Å². The number of hydrogen-bond donors (Lipinski definition) is 3. The minimum atomic E-state index is -0.451. The lowest BCUT2D eigenvalue weighted by atomic mass is 9.91. The van der Waals surface area contributed by atoms with Gasteiger partial charge in [0.25, 0.3) is 0 Å². The van der Waals surface area contributed by atoms with Crippen molar-refractivity contribution in [1.29, 1.82) is 0 Å². The zero-order valence-corrected chi connectivity index (χ0v) is 19.9. The number of nitrogens with zero attached hydrogens (tertiary/aromatic N) is 2. The first kappa shape index (κ1) is 24.8. The molecular weight excluding hydrogens is 378 g/mol. The Morgan fingerprint density at radius 1 is 1.00 bits per heavy atom. The van der Waals surface area contributed by atoms with Crippen molar-refractivity contribution in [2.75, 3.05) is 32.7 Å². The monoisotopic (exact) mass is 423 g/mol. The number of piperidine rings is 1. The molecule has 0 spiro atoms. The van der Waals surface area contributed by atoms with Gasteiger partial charge in [-0.25, -0.2) is 4.79 Å². The molecule has 0 radical (unpaired) electrons. The fourth-order valence-electron chi connectivity index (χ4n) is 4.32. The van der Waals surface area contributed by atoms with E-state index >= 15 is 0 Å². The minimum Gasteiger partial charge on any atom is -0.444 e. The van der Waals surface area contributed by atoms with Crippen LogP contribution in [0.1, 0.15) is 79.6 Å². The number of carbonyl (C=O) groups excluding carboxylic acids is 1. The highest BCUT2D eigenvalue weighted by atomic mass is 16.6. The zero-order chi connectivity index (χ0) is 22.0. The van der Waals surface area contributed by atoms with Crippen molar-refractivity contribution in [3.05, 3.63) is 0 Å². The van der Waals surface area contributed by atoms with E-state index in [2.05, 4.69) is 34.7 Å². The summed E-state index contributed by atoms with van der Waals surface area (Å²) in [6, 6.07) is 0.610. The second-order valence-corrected chi connectivity index (χ2v) is 9.77. The lowest BCUT2D eigenvalue weighted by molar-refractivity contribution is 0.0490. The Bertz CT molecular complexity index is 530. The number of guanidine groups is 1. The van der Waals surface area contributed by atoms with Crippen molar-refractivity contribution in [2.45, 2.75) is 97.2 Å². The van der Waals surface area contributed by atoms with Gasteiger partial charge in [0.05, 0.1) is 0 Å². The average molecular weight is 424 g/mol. The maximum atomic E-state index is 12.0. The van der Waals surface area contributed by atoms with Gasteiger partial charge in [-0.15, -0.1) is 0 Å². The molecule has 2 aliphatic rings. The molecule has 174 valence electrons. The summed E-state index contributed by atoms with van der Waals surface area (Å²) in [7, 11) is 0. The van der Waals surface area contributed by atoms with Crippen LogP contribution in [0.15, 0.2) is 4.99 Å². The molecule has 0 unspecified atom stereocenters. The molecule has 2 fully saturated rings. The van der Waals surface area contributed by atoms with Gasteiger partial charge >= 0.3 is 6.09 Å². The zero-order valence-electron chi connectivity index (χ0n) is 19.9. The van der Waals surface area contributed by atoms with Gasteiger partial charge in [-0.2, -0.15) is 0 Å². The minimum absolute atomic E-state index is 0.200.